The third-order valence-corrected chi connectivity index (χ3v) is 8.48. The van der Waals surface area contributed by atoms with Crippen molar-refractivity contribution in [3.05, 3.63) is 40.2 Å². The minimum Gasteiger partial charge on any atom is -0.376 e. The maximum absolute atomic E-state index is 13.4. The first-order valence-corrected chi connectivity index (χ1v) is 12.8. The van der Waals surface area contributed by atoms with Gasteiger partial charge in [-0.2, -0.15) is 0 Å². The van der Waals surface area contributed by atoms with E-state index in [1.54, 1.807) is 11.6 Å². The van der Waals surface area contributed by atoms with Gasteiger partial charge in [-0.1, -0.05) is 0 Å². The third kappa shape index (κ3) is 4.94. The molecule has 2 aromatic rings. The highest BCUT2D eigenvalue weighted by Crippen LogP contribution is 2.35. The van der Waals surface area contributed by atoms with Gasteiger partial charge in [0.05, 0.1) is 27.4 Å². The van der Waals surface area contributed by atoms with Crippen molar-refractivity contribution in [1.82, 2.24) is 19.7 Å². The molecule has 172 valence electrons. The number of nitro groups is 1. The lowest BCUT2D eigenvalue weighted by molar-refractivity contribution is -0.387. The number of carbonyl (C=O) groups excluding carboxylic acids is 1. The van der Waals surface area contributed by atoms with E-state index in [-0.39, 0.29) is 35.4 Å². The Morgan fingerprint density at radius 3 is 2.81 bits per heavy atom. The molecule has 1 aromatic heterocycles. The summed E-state index contributed by atoms with van der Waals surface area (Å²) in [6, 6.07) is 3.82. The van der Waals surface area contributed by atoms with Gasteiger partial charge in [0, 0.05) is 37.9 Å². The lowest BCUT2D eigenvalue weighted by Gasteiger charge is -2.30. The summed E-state index contributed by atoms with van der Waals surface area (Å²) in [5.41, 5.74) is -0.0822. The van der Waals surface area contributed by atoms with Crippen LogP contribution in [0.1, 0.15) is 29.6 Å². The van der Waals surface area contributed by atoms with Crippen LogP contribution in [0.5, 0.6) is 0 Å². The number of hydrogen-bond acceptors (Lipinski definition) is 9. The second kappa shape index (κ2) is 9.16. The summed E-state index contributed by atoms with van der Waals surface area (Å²) < 4.78 is 31.4. The quantitative estimate of drug-likeness (QED) is 0.427. The average molecular weight is 482 g/mol. The Morgan fingerprint density at radius 1 is 1.41 bits per heavy atom. The molecule has 2 fully saturated rings. The second-order valence-electron chi connectivity index (χ2n) is 7.92. The zero-order chi connectivity index (χ0) is 22.9. The predicted molar refractivity (Wildman–Crippen MR) is 115 cm³/mol. The van der Waals surface area contributed by atoms with Gasteiger partial charge in [-0.3, -0.25) is 14.9 Å². The van der Waals surface area contributed by atoms with Crippen LogP contribution in [0.15, 0.2) is 34.6 Å². The number of aromatic nitrogens is 3. The number of benzene rings is 1. The molecule has 1 aromatic carbocycles. The normalized spacial score (nSPS) is 22.2. The Labute approximate surface area is 189 Å². The maximum Gasteiger partial charge on any atom is 0.284 e. The molecule has 1 amide bonds. The first kappa shape index (κ1) is 22.7. The predicted octanol–water partition coefficient (Wildman–Crippen LogP) is 1.68. The standard InChI is InChI=1S/C19H23N5O6S2/c1-22-12-20-21-19(22)31-17-5-4-13(9-16(17)24(26)27)18(25)23(10-15-3-2-7-30-15)14-6-8-32(28,29)11-14/h4-5,9,12,14-15H,2-3,6-8,10-11H2,1H3/t14-,15+/m1/s1. The van der Waals surface area contributed by atoms with E-state index in [9.17, 15) is 23.3 Å². The van der Waals surface area contributed by atoms with E-state index in [0.29, 0.717) is 23.1 Å². The molecule has 2 aliphatic heterocycles. The van der Waals surface area contributed by atoms with Crippen LogP contribution < -0.4 is 0 Å². The van der Waals surface area contributed by atoms with E-state index in [0.717, 1.165) is 24.6 Å². The molecule has 0 spiro atoms. The van der Waals surface area contributed by atoms with Gasteiger partial charge in [0.2, 0.25) is 0 Å². The molecule has 13 heteroatoms. The highest BCUT2D eigenvalue weighted by Gasteiger charge is 2.37. The molecule has 2 atom stereocenters. The molecule has 0 unspecified atom stereocenters. The lowest BCUT2D eigenvalue weighted by Crippen LogP contribution is -2.45. The van der Waals surface area contributed by atoms with E-state index < -0.39 is 26.7 Å². The van der Waals surface area contributed by atoms with Crippen molar-refractivity contribution < 1.29 is 22.9 Å². The van der Waals surface area contributed by atoms with Crippen LogP contribution in [0.4, 0.5) is 5.69 Å². The zero-order valence-corrected chi connectivity index (χ0v) is 19.0. The van der Waals surface area contributed by atoms with Gasteiger partial charge >= 0.3 is 0 Å². The van der Waals surface area contributed by atoms with E-state index in [4.69, 9.17) is 4.74 Å². The van der Waals surface area contributed by atoms with Gasteiger partial charge in [0.25, 0.3) is 11.6 Å². The molecule has 11 nitrogen and oxygen atoms in total. The number of aryl methyl sites for hydroxylation is 1. The van der Waals surface area contributed by atoms with Crippen molar-refractivity contribution in [2.75, 3.05) is 24.7 Å². The topological polar surface area (TPSA) is 138 Å². The van der Waals surface area contributed by atoms with E-state index in [1.165, 1.54) is 29.4 Å². The highest BCUT2D eigenvalue weighted by molar-refractivity contribution is 7.99. The van der Waals surface area contributed by atoms with Gasteiger partial charge in [-0.05, 0) is 43.2 Å². The minimum absolute atomic E-state index is 0.0282. The van der Waals surface area contributed by atoms with Crippen LogP contribution in [0.2, 0.25) is 0 Å². The van der Waals surface area contributed by atoms with Gasteiger partial charge < -0.3 is 14.2 Å². The molecule has 2 saturated heterocycles. The monoisotopic (exact) mass is 481 g/mol. The number of amides is 1. The van der Waals surface area contributed by atoms with E-state index >= 15 is 0 Å². The number of carbonyl (C=O) groups is 1. The largest absolute Gasteiger partial charge is 0.376 e. The van der Waals surface area contributed by atoms with Crippen LogP contribution in [-0.4, -0.2) is 75.7 Å². The van der Waals surface area contributed by atoms with Gasteiger partial charge in [-0.25, -0.2) is 8.42 Å². The third-order valence-electron chi connectivity index (χ3n) is 5.61. The number of sulfone groups is 1. The Balaban J connectivity index is 1.63. The van der Waals surface area contributed by atoms with Crippen LogP contribution in [0.3, 0.4) is 0 Å². The molecular weight excluding hydrogens is 458 g/mol. The Hall–Kier alpha value is -2.51. The lowest BCUT2D eigenvalue weighted by atomic mass is 10.1. The van der Waals surface area contributed by atoms with E-state index in [2.05, 4.69) is 10.2 Å². The fraction of sp³-hybridized carbons (Fsp3) is 0.526. The summed E-state index contributed by atoms with van der Waals surface area (Å²) in [5, 5.41) is 19.9. The highest BCUT2D eigenvalue weighted by atomic mass is 32.2. The molecule has 0 N–H and O–H groups in total. The number of rotatable bonds is 7. The summed E-state index contributed by atoms with van der Waals surface area (Å²) in [5.74, 6) is -0.505. The second-order valence-corrected chi connectivity index (χ2v) is 11.2. The Bertz CT molecular complexity index is 1130. The van der Waals surface area contributed by atoms with Crippen molar-refractivity contribution in [1.29, 1.82) is 0 Å². The summed E-state index contributed by atoms with van der Waals surface area (Å²) in [6.07, 6.45) is 3.35. The van der Waals surface area contributed by atoms with Crippen LogP contribution in [-0.2, 0) is 21.6 Å². The van der Waals surface area contributed by atoms with E-state index in [1.807, 2.05) is 0 Å². The molecular formula is C19H23N5O6S2. The fourth-order valence-corrected chi connectivity index (χ4v) is 6.52. The Kier molecular flexibility index (Phi) is 6.49. The first-order chi connectivity index (χ1) is 15.2. The molecule has 0 saturated carbocycles. The van der Waals surface area contributed by atoms with Crippen LogP contribution in [0.25, 0.3) is 0 Å². The maximum atomic E-state index is 13.4. The number of nitro benzene ring substituents is 1. The van der Waals surface area contributed by atoms with Crippen molar-refractivity contribution in [2.24, 2.45) is 7.05 Å². The van der Waals surface area contributed by atoms with Crippen molar-refractivity contribution in [2.45, 2.75) is 41.5 Å². The molecule has 0 radical (unpaired) electrons. The summed E-state index contributed by atoms with van der Waals surface area (Å²) >= 11 is 1.08. The van der Waals surface area contributed by atoms with Crippen LogP contribution in [0, 0.1) is 10.1 Å². The number of nitrogens with zero attached hydrogens (tertiary/aromatic N) is 5. The fourth-order valence-electron chi connectivity index (χ4n) is 3.94. The Morgan fingerprint density at radius 2 is 2.22 bits per heavy atom. The first-order valence-electron chi connectivity index (χ1n) is 10.2. The zero-order valence-electron chi connectivity index (χ0n) is 17.4. The molecule has 2 aliphatic rings. The minimum atomic E-state index is -3.21. The summed E-state index contributed by atoms with van der Waals surface area (Å²) in [4.78, 5) is 26.4. The molecule has 4 rings (SSSR count). The summed E-state index contributed by atoms with van der Waals surface area (Å²) in [6.45, 7) is 0.872. The smallest absolute Gasteiger partial charge is 0.284 e. The molecule has 0 aliphatic carbocycles. The van der Waals surface area contributed by atoms with Gasteiger partial charge in [0.1, 0.15) is 6.33 Å². The SMILES string of the molecule is Cn1cnnc1Sc1ccc(C(=O)N(C[C@@H]2CCCO2)[C@@H]2CCS(=O)(=O)C2)cc1[N+](=O)[O-]. The van der Waals surface area contributed by atoms with Crippen molar-refractivity contribution >= 4 is 33.2 Å². The van der Waals surface area contributed by atoms with Crippen molar-refractivity contribution in [3.63, 3.8) is 0 Å². The van der Waals surface area contributed by atoms with Gasteiger partial charge in [0.15, 0.2) is 15.0 Å². The van der Waals surface area contributed by atoms with Gasteiger partial charge in [-0.15, -0.1) is 10.2 Å². The molecule has 32 heavy (non-hydrogen) atoms. The summed E-state index contributed by atoms with van der Waals surface area (Å²) in [7, 11) is -1.49. The van der Waals surface area contributed by atoms with Crippen molar-refractivity contribution in [3.8, 4) is 0 Å². The number of hydrogen-bond donors (Lipinski definition) is 0. The molecule has 3 heterocycles. The average Bonchev–Trinajstić information content (AvgIpc) is 3.48. The molecule has 0 bridgehead atoms. The number of ether oxygens (including phenoxy) is 1. The van der Waals surface area contributed by atoms with Crippen LogP contribution >= 0.6 is 11.8 Å².